The molecule has 0 spiro atoms. The molecule has 94 valence electrons. The molecule has 1 atom stereocenters. The number of hydrogen-bond donors (Lipinski definition) is 0. The highest BCUT2D eigenvalue weighted by atomic mass is 16.5. The quantitative estimate of drug-likeness (QED) is 0.735. The van der Waals surface area contributed by atoms with Crippen molar-refractivity contribution >= 4 is 11.7 Å². The summed E-state index contributed by atoms with van der Waals surface area (Å²) in [5.41, 5.74) is 0.871. The number of likely N-dealkylation sites (N-methyl/N-ethyl adjacent to an activating group) is 1. The number of para-hydroxylation sites is 2. The van der Waals surface area contributed by atoms with Gasteiger partial charge in [-0.3, -0.25) is 0 Å². The van der Waals surface area contributed by atoms with Crippen LogP contribution in [0.25, 0.3) is 0 Å². The molecule has 4 nitrogen and oxygen atoms in total. The zero-order chi connectivity index (χ0) is 12.8. The number of rotatable bonds is 5. The Hall–Kier alpha value is -1.71. The van der Waals surface area contributed by atoms with E-state index in [1.54, 1.807) is 14.0 Å². The molecule has 17 heavy (non-hydrogen) atoms. The van der Waals surface area contributed by atoms with Gasteiger partial charge in [-0.05, 0) is 26.0 Å². The van der Waals surface area contributed by atoms with Gasteiger partial charge in [0.1, 0.15) is 11.8 Å². The van der Waals surface area contributed by atoms with Crippen LogP contribution in [-0.2, 0) is 9.53 Å². The third-order valence-electron chi connectivity index (χ3n) is 2.67. The molecule has 4 heteroatoms. The number of nitrogens with zero attached hydrogens (tertiary/aromatic N) is 1. The summed E-state index contributed by atoms with van der Waals surface area (Å²) in [6, 6.07) is 7.24. The first-order chi connectivity index (χ1) is 8.11. The van der Waals surface area contributed by atoms with E-state index in [9.17, 15) is 4.79 Å². The summed E-state index contributed by atoms with van der Waals surface area (Å²) in [4.78, 5) is 13.5. The fourth-order valence-corrected chi connectivity index (χ4v) is 1.55. The summed E-state index contributed by atoms with van der Waals surface area (Å²) in [5.74, 6) is 0.507. The fourth-order valence-electron chi connectivity index (χ4n) is 1.55. The summed E-state index contributed by atoms with van der Waals surface area (Å²) < 4.78 is 10.3. The summed E-state index contributed by atoms with van der Waals surface area (Å²) in [5, 5.41) is 0. The standard InChI is InChI=1S/C13H19NO3/c1-5-17-13(15)10(2)14(3)11-8-6-7-9-12(11)16-4/h6-10H,5H2,1-4H3. The van der Waals surface area contributed by atoms with E-state index >= 15 is 0 Å². The van der Waals surface area contributed by atoms with Crippen LogP contribution in [-0.4, -0.2) is 32.8 Å². The normalized spacial score (nSPS) is 11.8. The van der Waals surface area contributed by atoms with Gasteiger partial charge in [0, 0.05) is 7.05 Å². The summed E-state index contributed by atoms with van der Waals surface area (Å²) in [6.07, 6.45) is 0. The van der Waals surface area contributed by atoms with Gasteiger partial charge in [0.15, 0.2) is 0 Å². The van der Waals surface area contributed by atoms with Crippen molar-refractivity contribution in [2.24, 2.45) is 0 Å². The molecule has 1 unspecified atom stereocenters. The molecule has 0 aliphatic heterocycles. The van der Waals surface area contributed by atoms with E-state index in [1.807, 2.05) is 43.1 Å². The molecule has 0 bridgehead atoms. The van der Waals surface area contributed by atoms with Crippen molar-refractivity contribution in [3.63, 3.8) is 0 Å². The third-order valence-corrected chi connectivity index (χ3v) is 2.67. The maximum atomic E-state index is 11.7. The lowest BCUT2D eigenvalue weighted by Gasteiger charge is -2.26. The largest absolute Gasteiger partial charge is 0.495 e. The molecule has 0 aromatic heterocycles. The van der Waals surface area contributed by atoms with Crippen LogP contribution >= 0.6 is 0 Å². The second-order valence-electron chi connectivity index (χ2n) is 3.71. The van der Waals surface area contributed by atoms with E-state index in [0.29, 0.717) is 6.61 Å². The van der Waals surface area contributed by atoms with Crippen LogP contribution in [0.3, 0.4) is 0 Å². The second kappa shape index (κ2) is 6.13. The van der Waals surface area contributed by atoms with Crippen LogP contribution < -0.4 is 9.64 Å². The number of ether oxygens (including phenoxy) is 2. The molecular weight excluding hydrogens is 218 g/mol. The second-order valence-corrected chi connectivity index (χ2v) is 3.71. The van der Waals surface area contributed by atoms with Crippen molar-refractivity contribution in [1.82, 2.24) is 0 Å². The van der Waals surface area contributed by atoms with E-state index in [1.165, 1.54) is 0 Å². The predicted molar refractivity (Wildman–Crippen MR) is 67.5 cm³/mol. The van der Waals surface area contributed by atoms with Gasteiger partial charge < -0.3 is 14.4 Å². The zero-order valence-electron chi connectivity index (χ0n) is 10.8. The van der Waals surface area contributed by atoms with Gasteiger partial charge in [-0.25, -0.2) is 4.79 Å². The van der Waals surface area contributed by atoms with E-state index in [-0.39, 0.29) is 12.0 Å². The van der Waals surface area contributed by atoms with Gasteiger partial charge in [0.2, 0.25) is 0 Å². The Morgan fingerprint density at radius 1 is 1.41 bits per heavy atom. The predicted octanol–water partition coefficient (Wildman–Crippen LogP) is 2.08. The molecular formula is C13H19NO3. The van der Waals surface area contributed by atoms with Crippen molar-refractivity contribution in [3.8, 4) is 5.75 Å². The molecule has 0 saturated heterocycles. The van der Waals surface area contributed by atoms with Crippen molar-refractivity contribution in [2.75, 3.05) is 25.7 Å². The number of hydrogen-bond acceptors (Lipinski definition) is 4. The molecule has 1 aromatic carbocycles. The average Bonchev–Trinajstić information content (AvgIpc) is 2.37. The van der Waals surface area contributed by atoms with E-state index < -0.39 is 0 Å². The Morgan fingerprint density at radius 2 is 2.06 bits per heavy atom. The molecule has 0 amide bonds. The van der Waals surface area contributed by atoms with Gasteiger partial charge in [-0.2, -0.15) is 0 Å². The van der Waals surface area contributed by atoms with Crippen molar-refractivity contribution in [1.29, 1.82) is 0 Å². The number of benzene rings is 1. The minimum absolute atomic E-state index is 0.235. The molecule has 0 heterocycles. The Labute approximate surface area is 102 Å². The average molecular weight is 237 g/mol. The lowest BCUT2D eigenvalue weighted by molar-refractivity contribution is -0.144. The van der Waals surface area contributed by atoms with Gasteiger partial charge in [0.25, 0.3) is 0 Å². The number of carbonyl (C=O) groups excluding carboxylic acids is 1. The lowest BCUT2D eigenvalue weighted by atomic mass is 10.2. The fraction of sp³-hybridized carbons (Fsp3) is 0.462. The van der Waals surface area contributed by atoms with E-state index in [4.69, 9.17) is 9.47 Å². The highest BCUT2D eigenvalue weighted by molar-refractivity contribution is 5.80. The summed E-state index contributed by atoms with van der Waals surface area (Å²) >= 11 is 0. The van der Waals surface area contributed by atoms with Crippen LogP contribution in [0.1, 0.15) is 13.8 Å². The molecule has 0 N–H and O–H groups in total. The van der Waals surface area contributed by atoms with Crippen LogP contribution in [0.2, 0.25) is 0 Å². The minimum Gasteiger partial charge on any atom is -0.495 e. The van der Waals surface area contributed by atoms with E-state index in [2.05, 4.69) is 0 Å². The number of methoxy groups -OCH3 is 1. The molecule has 0 radical (unpaired) electrons. The molecule has 1 rings (SSSR count). The number of anilines is 1. The first kappa shape index (κ1) is 13.4. The minimum atomic E-state index is -0.341. The highest BCUT2D eigenvalue weighted by Crippen LogP contribution is 2.28. The van der Waals surface area contributed by atoms with Crippen molar-refractivity contribution < 1.29 is 14.3 Å². The van der Waals surface area contributed by atoms with Gasteiger partial charge >= 0.3 is 5.97 Å². The highest BCUT2D eigenvalue weighted by Gasteiger charge is 2.21. The molecule has 1 aromatic rings. The topological polar surface area (TPSA) is 38.8 Å². The van der Waals surface area contributed by atoms with Crippen molar-refractivity contribution in [2.45, 2.75) is 19.9 Å². The molecule has 0 fully saturated rings. The SMILES string of the molecule is CCOC(=O)C(C)N(C)c1ccccc1OC. The van der Waals surface area contributed by atoms with E-state index in [0.717, 1.165) is 11.4 Å². The Bertz CT molecular complexity index is 379. The Balaban J connectivity index is 2.88. The van der Waals surface area contributed by atoms with Crippen LogP contribution in [0, 0.1) is 0 Å². The molecule has 0 aliphatic rings. The zero-order valence-corrected chi connectivity index (χ0v) is 10.8. The van der Waals surface area contributed by atoms with Crippen LogP contribution in [0.15, 0.2) is 24.3 Å². The van der Waals surface area contributed by atoms with Gasteiger partial charge in [0.05, 0.1) is 19.4 Å². The maximum absolute atomic E-state index is 11.7. The summed E-state index contributed by atoms with van der Waals surface area (Å²) in [7, 11) is 3.46. The van der Waals surface area contributed by atoms with Crippen LogP contribution in [0.4, 0.5) is 5.69 Å². The first-order valence-electron chi connectivity index (χ1n) is 5.64. The summed E-state index contributed by atoms with van der Waals surface area (Å²) in [6.45, 7) is 4.00. The Morgan fingerprint density at radius 3 is 2.65 bits per heavy atom. The molecule has 0 saturated carbocycles. The van der Waals surface area contributed by atoms with Crippen molar-refractivity contribution in [3.05, 3.63) is 24.3 Å². The van der Waals surface area contributed by atoms with Gasteiger partial charge in [-0.1, -0.05) is 12.1 Å². The van der Waals surface area contributed by atoms with Crippen LogP contribution in [0.5, 0.6) is 5.75 Å². The monoisotopic (exact) mass is 237 g/mol. The Kier molecular flexibility index (Phi) is 4.82. The third kappa shape index (κ3) is 3.12. The molecule has 0 aliphatic carbocycles. The lowest BCUT2D eigenvalue weighted by Crippen LogP contribution is -2.37. The first-order valence-corrected chi connectivity index (χ1v) is 5.64. The number of carbonyl (C=O) groups is 1. The maximum Gasteiger partial charge on any atom is 0.328 e. The van der Waals surface area contributed by atoms with Gasteiger partial charge in [-0.15, -0.1) is 0 Å². The smallest absolute Gasteiger partial charge is 0.328 e. The number of esters is 1.